The van der Waals surface area contributed by atoms with E-state index in [0.29, 0.717) is 11.8 Å². The number of nitrogens with zero attached hydrogens (tertiary/aromatic N) is 1. The van der Waals surface area contributed by atoms with Gasteiger partial charge in [-0.15, -0.1) is 0 Å². The van der Waals surface area contributed by atoms with Crippen molar-refractivity contribution in [3.05, 3.63) is 71.4 Å². The van der Waals surface area contributed by atoms with Gasteiger partial charge in [0, 0.05) is 0 Å². The van der Waals surface area contributed by atoms with Gasteiger partial charge in [0.15, 0.2) is 0 Å². The van der Waals surface area contributed by atoms with Gasteiger partial charge in [-0.2, -0.15) is 0 Å². The summed E-state index contributed by atoms with van der Waals surface area (Å²) in [4.78, 5) is 0. The molecule has 5 aromatic rings. The van der Waals surface area contributed by atoms with Gasteiger partial charge in [0.2, 0.25) is 0 Å². The Morgan fingerprint density at radius 1 is 0.821 bits per heavy atom. The number of aryl methyl sites for hydroxylation is 2. The molecule has 0 atom stereocenters. The maximum absolute atomic E-state index is 7.06. The molecule has 1 aliphatic heterocycles. The molecule has 0 bridgehead atoms. The maximum atomic E-state index is 7.06. The van der Waals surface area contributed by atoms with E-state index in [0.717, 1.165) is 24.3 Å². The summed E-state index contributed by atoms with van der Waals surface area (Å²) in [6, 6.07) is 18.7. The minimum atomic E-state index is -2.13. The van der Waals surface area contributed by atoms with Crippen LogP contribution in [0.4, 0.5) is 0 Å². The molecule has 0 spiro atoms. The fourth-order valence-corrected chi connectivity index (χ4v) is 10.2. The molecule has 0 saturated heterocycles. The second kappa shape index (κ2) is 9.37. The SMILES string of the molecule is Cc1c2c(c(CC(C)C)c3ccc(CC(C)C)cc13)Oc1cc3ccc[c]([Ge]([CH3])([CH3])[CH3])c3c3cc[n+](C)c-2c13. The van der Waals surface area contributed by atoms with Crippen molar-refractivity contribution in [3.63, 3.8) is 0 Å². The van der Waals surface area contributed by atoms with Crippen LogP contribution in [0.25, 0.3) is 43.6 Å². The van der Waals surface area contributed by atoms with Gasteiger partial charge in [0.25, 0.3) is 0 Å². The second-order valence-electron chi connectivity index (χ2n) is 13.6. The first kappa shape index (κ1) is 26.4. The first-order valence-corrected chi connectivity index (χ1v) is 21.9. The monoisotopic (exact) mass is 578 g/mol. The van der Waals surface area contributed by atoms with Gasteiger partial charge in [0.1, 0.15) is 0 Å². The van der Waals surface area contributed by atoms with E-state index in [9.17, 15) is 0 Å². The van der Waals surface area contributed by atoms with Crippen molar-refractivity contribution in [1.82, 2.24) is 0 Å². The van der Waals surface area contributed by atoms with E-state index in [1.807, 2.05) is 0 Å². The Morgan fingerprint density at radius 2 is 1.56 bits per heavy atom. The van der Waals surface area contributed by atoms with Crippen LogP contribution in [0.15, 0.2) is 54.7 Å². The fraction of sp³-hybridized carbons (Fsp3) is 0.361. The van der Waals surface area contributed by atoms with Gasteiger partial charge in [-0.3, -0.25) is 0 Å². The van der Waals surface area contributed by atoms with E-state index in [1.165, 1.54) is 60.3 Å². The predicted octanol–water partition coefficient (Wildman–Crippen LogP) is 8.99. The van der Waals surface area contributed by atoms with Crippen molar-refractivity contribution in [2.24, 2.45) is 18.9 Å². The summed E-state index contributed by atoms with van der Waals surface area (Å²) in [7, 11) is 2.20. The van der Waals surface area contributed by atoms with E-state index < -0.39 is 13.3 Å². The Bertz CT molecular complexity index is 1790. The third-order valence-corrected chi connectivity index (χ3v) is 12.7. The van der Waals surface area contributed by atoms with Gasteiger partial charge < -0.3 is 0 Å². The van der Waals surface area contributed by atoms with E-state index in [2.05, 4.69) is 118 Å². The summed E-state index contributed by atoms with van der Waals surface area (Å²) in [6.07, 6.45) is 4.36. The molecular formula is C36H42GeNO+. The molecule has 39 heavy (non-hydrogen) atoms. The quantitative estimate of drug-likeness (QED) is 0.113. The fourth-order valence-electron chi connectivity index (χ4n) is 6.78. The van der Waals surface area contributed by atoms with Crippen molar-refractivity contribution in [1.29, 1.82) is 0 Å². The zero-order valence-electron chi connectivity index (χ0n) is 25.1. The van der Waals surface area contributed by atoms with Crippen molar-refractivity contribution in [2.45, 2.75) is 64.7 Å². The molecule has 4 aromatic carbocycles. The molecular weight excluding hydrogens is 535 g/mol. The number of fused-ring (bicyclic) bond motifs is 5. The summed E-state index contributed by atoms with van der Waals surface area (Å²) in [5.74, 6) is 10.7. The summed E-state index contributed by atoms with van der Waals surface area (Å²) >= 11 is -2.13. The van der Waals surface area contributed by atoms with Gasteiger partial charge >= 0.3 is 223 Å². The molecule has 0 fully saturated rings. The topological polar surface area (TPSA) is 13.1 Å². The Hall–Kier alpha value is -2.85. The number of pyridine rings is 1. The number of ether oxygens (including phenoxy) is 1. The zero-order valence-corrected chi connectivity index (χ0v) is 27.2. The molecule has 1 aromatic heterocycles. The third kappa shape index (κ3) is 4.27. The van der Waals surface area contributed by atoms with E-state index in [1.54, 1.807) is 4.40 Å². The van der Waals surface area contributed by atoms with E-state index in [-0.39, 0.29) is 0 Å². The molecule has 0 N–H and O–H groups in total. The van der Waals surface area contributed by atoms with Crippen molar-refractivity contribution < 1.29 is 9.30 Å². The van der Waals surface area contributed by atoms with Gasteiger partial charge in [-0.1, -0.05) is 13.8 Å². The first-order valence-electron chi connectivity index (χ1n) is 14.6. The Kier molecular flexibility index (Phi) is 6.34. The Labute approximate surface area is 236 Å². The minimum absolute atomic E-state index is 0.530. The van der Waals surface area contributed by atoms with Crippen LogP contribution in [0.1, 0.15) is 44.4 Å². The van der Waals surface area contributed by atoms with Crippen molar-refractivity contribution in [2.75, 3.05) is 0 Å². The van der Waals surface area contributed by atoms with Crippen LogP contribution < -0.4 is 13.7 Å². The number of hydrogen-bond donors (Lipinski definition) is 0. The van der Waals surface area contributed by atoms with E-state index in [4.69, 9.17) is 4.74 Å². The van der Waals surface area contributed by atoms with Gasteiger partial charge in [-0.05, 0) is 0 Å². The van der Waals surface area contributed by atoms with Crippen LogP contribution in [0.3, 0.4) is 0 Å². The van der Waals surface area contributed by atoms with Crippen molar-refractivity contribution >= 4 is 50.0 Å². The van der Waals surface area contributed by atoms with Crippen LogP contribution in [0, 0.1) is 18.8 Å². The predicted molar refractivity (Wildman–Crippen MR) is 170 cm³/mol. The summed E-state index contributed by atoms with van der Waals surface area (Å²) in [5.41, 5.74) is 6.66. The first-order chi connectivity index (χ1) is 18.5. The molecule has 3 heteroatoms. The number of benzene rings is 4. The summed E-state index contributed by atoms with van der Waals surface area (Å²) in [6.45, 7) is 11.5. The molecule has 0 saturated carbocycles. The normalized spacial score (nSPS) is 13.1. The molecule has 200 valence electrons. The zero-order chi connectivity index (χ0) is 27.8. The van der Waals surface area contributed by atoms with Gasteiger partial charge in [0.05, 0.1) is 0 Å². The van der Waals surface area contributed by atoms with Crippen molar-refractivity contribution in [3.8, 4) is 22.8 Å². The van der Waals surface area contributed by atoms with Crippen LogP contribution >= 0.6 is 0 Å². The van der Waals surface area contributed by atoms with Crippen LogP contribution in [0.2, 0.25) is 17.3 Å². The molecule has 6 rings (SSSR count). The number of rotatable bonds is 5. The van der Waals surface area contributed by atoms with Gasteiger partial charge in [-0.25, -0.2) is 0 Å². The Balaban J connectivity index is 1.77. The molecule has 0 unspecified atom stereocenters. The standard InChI is InChI=1S/C36H42GeNO/c1-21(2)17-24-13-14-26-28(19-24)23(5)32-35-34-27(15-16-38(35)9)33-25(11-10-12-30(33)37(6,7)8)20-31(34)39-36(32)29(26)18-22(3)4/h10-16,19-22H,17-18H2,1-9H3/q+1. The molecule has 1 aliphatic rings. The molecule has 2 heterocycles. The molecule has 0 amide bonds. The molecule has 0 radical (unpaired) electrons. The number of aromatic nitrogens is 1. The van der Waals surface area contributed by atoms with Crippen LogP contribution in [-0.4, -0.2) is 13.3 Å². The van der Waals surface area contributed by atoms with Crippen LogP contribution in [-0.2, 0) is 19.9 Å². The Morgan fingerprint density at radius 3 is 2.26 bits per heavy atom. The van der Waals surface area contributed by atoms with Crippen LogP contribution in [0.5, 0.6) is 11.5 Å². The molecule has 0 aliphatic carbocycles. The molecule has 2 nitrogen and oxygen atoms in total. The average molecular weight is 577 g/mol. The average Bonchev–Trinajstić information content (AvgIpc) is 2.86. The summed E-state index contributed by atoms with van der Waals surface area (Å²) in [5, 5.41) is 8.02. The van der Waals surface area contributed by atoms with E-state index >= 15 is 0 Å². The third-order valence-electron chi connectivity index (χ3n) is 8.43. The number of hydrogen-bond acceptors (Lipinski definition) is 1. The summed E-state index contributed by atoms with van der Waals surface area (Å²) < 4.78 is 11.0. The second-order valence-corrected chi connectivity index (χ2v) is 24.1.